The second kappa shape index (κ2) is 7.09. The SMILES string of the molecule is CCOc1[c-]c2ccccc2cc1.[Br-].[Mg+2]. The van der Waals surface area contributed by atoms with Gasteiger partial charge in [-0.2, -0.15) is 0 Å². The first-order chi connectivity index (χ1) is 6.40. The Morgan fingerprint density at radius 3 is 2.60 bits per heavy atom. The largest absolute Gasteiger partial charge is 2.00 e. The first-order valence-electron chi connectivity index (χ1n) is 4.44. The molecule has 0 unspecified atom stereocenters. The normalized spacial score (nSPS) is 8.87. The van der Waals surface area contributed by atoms with Gasteiger partial charge in [0.15, 0.2) is 0 Å². The minimum atomic E-state index is 0. The number of benzene rings is 2. The van der Waals surface area contributed by atoms with Crippen molar-refractivity contribution in [2.24, 2.45) is 0 Å². The summed E-state index contributed by atoms with van der Waals surface area (Å²) < 4.78 is 5.36. The van der Waals surface area contributed by atoms with E-state index in [1.807, 2.05) is 31.2 Å². The van der Waals surface area contributed by atoms with Gasteiger partial charge in [-0.15, -0.1) is 35.0 Å². The molecular weight excluding hydrogens is 264 g/mol. The van der Waals surface area contributed by atoms with Gasteiger partial charge in [0.2, 0.25) is 0 Å². The molecule has 3 heteroatoms. The maximum absolute atomic E-state index is 5.36. The molecule has 0 aromatic heterocycles. The van der Waals surface area contributed by atoms with Crippen molar-refractivity contribution in [2.45, 2.75) is 6.92 Å². The molecule has 1 nitrogen and oxygen atoms in total. The fourth-order valence-electron chi connectivity index (χ4n) is 1.34. The quantitative estimate of drug-likeness (QED) is 0.538. The maximum atomic E-state index is 5.36. The molecule has 0 saturated heterocycles. The van der Waals surface area contributed by atoms with E-state index in [0.29, 0.717) is 6.61 Å². The molecule has 2 rings (SSSR count). The first-order valence-corrected chi connectivity index (χ1v) is 4.44. The van der Waals surface area contributed by atoms with Gasteiger partial charge in [-0.1, -0.05) is 18.2 Å². The van der Waals surface area contributed by atoms with E-state index in [1.54, 1.807) is 0 Å². The van der Waals surface area contributed by atoms with E-state index < -0.39 is 0 Å². The van der Waals surface area contributed by atoms with Gasteiger partial charge in [-0.3, -0.25) is 0 Å². The van der Waals surface area contributed by atoms with Crippen LogP contribution < -0.4 is 21.7 Å². The molecule has 0 bridgehead atoms. The number of halogens is 1. The molecule has 2 aromatic rings. The molecule has 0 spiro atoms. The fraction of sp³-hybridized carbons (Fsp3) is 0.167. The second-order valence-electron chi connectivity index (χ2n) is 2.84. The summed E-state index contributed by atoms with van der Waals surface area (Å²) >= 11 is 0. The molecule has 0 heterocycles. The molecule has 0 aliphatic heterocycles. The molecule has 0 fully saturated rings. The number of ether oxygens (including phenoxy) is 1. The van der Waals surface area contributed by atoms with Gasteiger partial charge < -0.3 is 21.7 Å². The van der Waals surface area contributed by atoms with Gasteiger partial charge in [-0.25, -0.2) is 0 Å². The standard InChI is InChI=1S/C12H11O.BrH.Mg/c1-2-13-12-8-7-10-5-3-4-6-11(10)9-12;;/h3-8H,2H2,1H3;1H;/q-1;;+2/p-1. The Kier molecular flexibility index (Phi) is 6.97. The molecule has 0 amide bonds. The summed E-state index contributed by atoms with van der Waals surface area (Å²) in [5, 5.41) is 2.31. The molecule has 2 aromatic carbocycles. The van der Waals surface area contributed by atoms with Crippen LogP contribution in [-0.2, 0) is 0 Å². The van der Waals surface area contributed by atoms with Crippen LogP contribution in [-0.4, -0.2) is 29.7 Å². The van der Waals surface area contributed by atoms with Gasteiger partial charge in [-0.05, 0) is 6.92 Å². The summed E-state index contributed by atoms with van der Waals surface area (Å²) in [6.45, 7) is 2.66. The Labute approximate surface area is 117 Å². The van der Waals surface area contributed by atoms with Crippen LogP contribution in [0.1, 0.15) is 6.92 Å². The second-order valence-corrected chi connectivity index (χ2v) is 2.84. The molecular formula is C12H11BrMgO. The minimum Gasteiger partial charge on any atom is -1.00 e. The predicted octanol–water partition coefficient (Wildman–Crippen LogP) is -0.338. The van der Waals surface area contributed by atoms with Gasteiger partial charge in [0, 0.05) is 5.75 Å². The van der Waals surface area contributed by atoms with E-state index in [9.17, 15) is 0 Å². The van der Waals surface area contributed by atoms with E-state index in [4.69, 9.17) is 4.74 Å². The minimum absolute atomic E-state index is 0. The van der Waals surface area contributed by atoms with Gasteiger partial charge in [0.1, 0.15) is 0 Å². The van der Waals surface area contributed by atoms with Crippen molar-refractivity contribution < 1.29 is 21.7 Å². The van der Waals surface area contributed by atoms with Crippen LogP contribution in [0.5, 0.6) is 5.75 Å². The van der Waals surface area contributed by atoms with Crippen molar-refractivity contribution in [2.75, 3.05) is 6.61 Å². The summed E-state index contributed by atoms with van der Waals surface area (Å²) in [6, 6.07) is 15.4. The molecule has 15 heavy (non-hydrogen) atoms. The van der Waals surface area contributed by atoms with Gasteiger partial charge >= 0.3 is 23.1 Å². The van der Waals surface area contributed by atoms with Crippen LogP contribution in [0.25, 0.3) is 10.8 Å². The van der Waals surface area contributed by atoms with E-state index in [2.05, 4.69) is 18.2 Å². The van der Waals surface area contributed by atoms with Crippen molar-refractivity contribution in [3.8, 4) is 5.75 Å². The van der Waals surface area contributed by atoms with Gasteiger partial charge in [0.25, 0.3) is 0 Å². The molecule has 74 valence electrons. The van der Waals surface area contributed by atoms with E-state index >= 15 is 0 Å². The summed E-state index contributed by atoms with van der Waals surface area (Å²) in [7, 11) is 0. The van der Waals surface area contributed by atoms with Crippen molar-refractivity contribution in [1.29, 1.82) is 0 Å². The third-order valence-electron chi connectivity index (χ3n) is 1.93. The zero-order chi connectivity index (χ0) is 9.10. The van der Waals surface area contributed by atoms with Crippen LogP contribution in [0, 0.1) is 6.07 Å². The zero-order valence-corrected chi connectivity index (χ0v) is 11.7. The van der Waals surface area contributed by atoms with Crippen molar-refractivity contribution in [1.82, 2.24) is 0 Å². The molecule has 0 atom stereocenters. The molecule has 0 aliphatic rings. The van der Waals surface area contributed by atoms with Crippen molar-refractivity contribution >= 4 is 33.8 Å². The fourth-order valence-corrected chi connectivity index (χ4v) is 1.34. The molecule has 0 saturated carbocycles. The maximum Gasteiger partial charge on any atom is 2.00 e. The molecule has 0 radical (unpaired) electrons. The first kappa shape index (κ1) is 14.7. The van der Waals surface area contributed by atoms with Gasteiger partial charge in [0.05, 0.1) is 6.61 Å². The number of hydrogen-bond donors (Lipinski definition) is 0. The van der Waals surface area contributed by atoms with E-state index in [-0.39, 0.29) is 40.0 Å². The van der Waals surface area contributed by atoms with Crippen molar-refractivity contribution in [3.63, 3.8) is 0 Å². The summed E-state index contributed by atoms with van der Waals surface area (Å²) in [4.78, 5) is 0. The van der Waals surface area contributed by atoms with E-state index in [0.717, 1.165) is 11.1 Å². The summed E-state index contributed by atoms with van der Waals surface area (Å²) in [5.41, 5.74) is 0. The average molecular weight is 275 g/mol. The topological polar surface area (TPSA) is 9.23 Å². The molecule has 0 N–H and O–H groups in total. The number of rotatable bonds is 2. The third-order valence-corrected chi connectivity index (χ3v) is 1.93. The summed E-state index contributed by atoms with van der Waals surface area (Å²) in [6.07, 6.45) is 0. The average Bonchev–Trinajstić information content (AvgIpc) is 2.18. The van der Waals surface area contributed by atoms with Crippen LogP contribution in [0.2, 0.25) is 0 Å². The van der Waals surface area contributed by atoms with Crippen LogP contribution in [0.15, 0.2) is 36.4 Å². The Bertz CT molecular complexity index is 417. The monoisotopic (exact) mass is 274 g/mol. The van der Waals surface area contributed by atoms with Crippen LogP contribution >= 0.6 is 0 Å². The number of fused-ring (bicyclic) bond motifs is 1. The smallest absolute Gasteiger partial charge is 1.00 e. The zero-order valence-electron chi connectivity index (χ0n) is 8.66. The van der Waals surface area contributed by atoms with Crippen LogP contribution in [0.3, 0.4) is 0 Å². The Hall–Kier alpha value is -0.254. The predicted molar refractivity (Wildman–Crippen MR) is 59.7 cm³/mol. The number of hydrogen-bond acceptors (Lipinski definition) is 1. The Morgan fingerprint density at radius 2 is 1.87 bits per heavy atom. The third kappa shape index (κ3) is 3.67. The molecule has 0 aliphatic carbocycles. The van der Waals surface area contributed by atoms with Crippen LogP contribution in [0.4, 0.5) is 0 Å². The Balaban J connectivity index is 0.000000980. The van der Waals surface area contributed by atoms with Crippen molar-refractivity contribution in [3.05, 3.63) is 42.5 Å². The summed E-state index contributed by atoms with van der Waals surface area (Å²) in [5.74, 6) is 0.821. The van der Waals surface area contributed by atoms with E-state index in [1.165, 1.54) is 5.39 Å². The Morgan fingerprint density at radius 1 is 1.13 bits per heavy atom.